The summed E-state index contributed by atoms with van der Waals surface area (Å²) in [5, 5.41) is 0. The van der Waals surface area contributed by atoms with Gasteiger partial charge in [-0.25, -0.2) is 9.97 Å². The minimum Gasteiger partial charge on any atom is -0.384 e. The van der Waals surface area contributed by atoms with E-state index in [9.17, 15) is 0 Å². The third-order valence-corrected chi connectivity index (χ3v) is 3.25. The first-order chi connectivity index (χ1) is 7.47. The Bertz CT molecular complexity index is 373. The summed E-state index contributed by atoms with van der Waals surface area (Å²) in [4.78, 5) is 9.09. The average molecular weight is 219 g/mol. The number of nitrogens with zero attached hydrogens (tertiary/aromatic N) is 2. The van der Waals surface area contributed by atoms with Crippen LogP contribution in [0.15, 0.2) is 6.07 Å². The summed E-state index contributed by atoms with van der Waals surface area (Å²) < 4.78 is 0. The zero-order chi connectivity index (χ0) is 11.8. The Morgan fingerprint density at radius 2 is 1.81 bits per heavy atom. The van der Waals surface area contributed by atoms with E-state index in [0.29, 0.717) is 11.7 Å². The summed E-state index contributed by atoms with van der Waals surface area (Å²) in [6.07, 6.45) is 5.03. The molecule has 0 amide bonds. The van der Waals surface area contributed by atoms with Crippen LogP contribution in [0.2, 0.25) is 0 Å². The van der Waals surface area contributed by atoms with E-state index in [2.05, 4.69) is 25.8 Å². The molecule has 0 unspecified atom stereocenters. The first-order valence-corrected chi connectivity index (χ1v) is 6.12. The molecule has 1 aliphatic rings. The SMILES string of the molecule is CC(C)(C)c1cc(N)nc(C2CCCC2)n1. The molecule has 0 aromatic carbocycles. The highest BCUT2D eigenvalue weighted by Gasteiger charge is 2.23. The lowest BCUT2D eigenvalue weighted by molar-refractivity contribution is 0.553. The predicted molar refractivity (Wildman–Crippen MR) is 66.4 cm³/mol. The van der Waals surface area contributed by atoms with Crippen LogP contribution in [0.1, 0.15) is 63.9 Å². The van der Waals surface area contributed by atoms with E-state index in [0.717, 1.165) is 11.5 Å². The van der Waals surface area contributed by atoms with Crippen molar-refractivity contribution in [1.82, 2.24) is 9.97 Å². The summed E-state index contributed by atoms with van der Waals surface area (Å²) in [7, 11) is 0. The Balaban J connectivity index is 2.35. The summed E-state index contributed by atoms with van der Waals surface area (Å²) >= 11 is 0. The zero-order valence-electron chi connectivity index (χ0n) is 10.5. The second-order valence-corrected chi connectivity index (χ2v) is 5.77. The molecular weight excluding hydrogens is 198 g/mol. The molecular formula is C13H21N3. The molecule has 3 heteroatoms. The Morgan fingerprint density at radius 3 is 2.38 bits per heavy atom. The van der Waals surface area contributed by atoms with Gasteiger partial charge in [-0.2, -0.15) is 0 Å². The molecule has 0 bridgehead atoms. The molecule has 2 rings (SSSR count). The minimum absolute atomic E-state index is 0.0460. The van der Waals surface area contributed by atoms with Crippen LogP contribution in [-0.2, 0) is 5.41 Å². The average Bonchev–Trinajstić information content (AvgIpc) is 2.68. The lowest BCUT2D eigenvalue weighted by atomic mass is 9.91. The van der Waals surface area contributed by atoms with Gasteiger partial charge in [-0.1, -0.05) is 33.6 Å². The fraction of sp³-hybridized carbons (Fsp3) is 0.692. The molecule has 1 aromatic heterocycles. The molecule has 0 saturated heterocycles. The van der Waals surface area contributed by atoms with Gasteiger partial charge < -0.3 is 5.73 Å². The van der Waals surface area contributed by atoms with E-state index in [1.165, 1.54) is 25.7 Å². The maximum Gasteiger partial charge on any atom is 0.134 e. The van der Waals surface area contributed by atoms with Crippen LogP contribution in [0.25, 0.3) is 0 Å². The highest BCUT2D eigenvalue weighted by molar-refractivity contribution is 5.33. The molecule has 0 aliphatic heterocycles. The Hall–Kier alpha value is -1.12. The topological polar surface area (TPSA) is 51.8 Å². The van der Waals surface area contributed by atoms with Crippen molar-refractivity contribution in [2.24, 2.45) is 0 Å². The van der Waals surface area contributed by atoms with Crippen molar-refractivity contribution < 1.29 is 0 Å². The maximum atomic E-state index is 5.87. The normalized spacial score (nSPS) is 17.9. The third kappa shape index (κ3) is 2.34. The second kappa shape index (κ2) is 4.04. The van der Waals surface area contributed by atoms with Gasteiger partial charge in [0.15, 0.2) is 0 Å². The van der Waals surface area contributed by atoms with E-state index < -0.39 is 0 Å². The van der Waals surface area contributed by atoms with Crippen LogP contribution in [0, 0.1) is 0 Å². The van der Waals surface area contributed by atoms with Crippen molar-refractivity contribution in [1.29, 1.82) is 0 Å². The molecule has 2 N–H and O–H groups in total. The molecule has 1 fully saturated rings. The van der Waals surface area contributed by atoms with Gasteiger partial charge in [0.25, 0.3) is 0 Å². The van der Waals surface area contributed by atoms with E-state index in [-0.39, 0.29) is 5.41 Å². The quantitative estimate of drug-likeness (QED) is 0.790. The third-order valence-electron chi connectivity index (χ3n) is 3.25. The molecule has 1 aromatic rings. The molecule has 88 valence electrons. The summed E-state index contributed by atoms with van der Waals surface area (Å²) in [6, 6.07) is 1.90. The number of nitrogens with two attached hydrogens (primary N) is 1. The molecule has 0 radical (unpaired) electrons. The van der Waals surface area contributed by atoms with Gasteiger partial charge in [0.2, 0.25) is 0 Å². The summed E-state index contributed by atoms with van der Waals surface area (Å²) in [5.41, 5.74) is 6.98. The van der Waals surface area contributed by atoms with E-state index in [1.54, 1.807) is 0 Å². The van der Waals surface area contributed by atoms with Crippen LogP contribution in [0.3, 0.4) is 0 Å². The smallest absolute Gasteiger partial charge is 0.134 e. The molecule has 1 heterocycles. The monoisotopic (exact) mass is 219 g/mol. The Labute approximate surface area is 97.5 Å². The Kier molecular flexibility index (Phi) is 2.87. The van der Waals surface area contributed by atoms with Gasteiger partial charge >= 0.3 is 0 Å². The molecule has 16 heavy (non-hydrogen) atoms. The first-order valence-electron chi connectivity index (χ1n) is 6.12. The lowest BCUT2D eigenvalue weighted by Crippen LogP contribution is -2.17. The van der Waals surface area contributed by atoms with Crippen molar-refractivity contribution >= 4 is 5.82 Å². The molecule has 1 saturated carbocycles. The van der Waals surface area contributed by atoms with Crippen LogP contribution < -0.4 is 5.73 Å². The van der Waals surface area contributed by atoms with Crippen LogP contribution in [0.5, 0.6) is 0 Å². The molecule has 1 aliphatic carbocycles. The second-order valence-electron chi connectivity index (χ2n) is 5.77. The summed E-state index contributed by atoms with van der Waals surface area (Å²) in [5.74, 6) is 2.11. The predicted octanol–water partition coefficient (Wildman–Crippen LogP) is 3.01. The maximum absolute atomic E-state index is 5.87. The number of aromatic nitrogens is 2. The van der Waals surface area contributed by atoms with Crippen molar-refractivity contribution in [2.75, 3.05) is 5.73 Å². The summed E-state index contributed by atoms with van der Waals surface area (Å²) in [6.45, 7) is 6.48. The zero-order valence-corrected chi connectivity index (χ0v) is 10.5. The van der Waals surface area contributed by atoms with Crippen LogP contribution in [0.4, 0.5) is 5.82 Å². The van der Waals surface area contributed by atoms with E-state index >= 15 is 0 Å². The van der Waals surface area contributed by atoms with Crippen molar-refractivity contribution in [2.45, 2.75) is 57.8 Å². The molecule has 0 spiro atoms. The minimum atomic E-state index is 0.0460. The fourth-order valence-corrected chi connectivity index (χ4v) is 2.24. The van der Waals surface area contributed by atoms with Crippen molar-refractivity contribution in [3.8, 4) is 0 Å². The number of hydrogen-bond donors (Lipinski definition) is 1. The number of nitrogen functional groups attached to an aromatic ring is 1. The van der Waals surface area contributed by atoms with Gasteiger partial charge in [-0.05, 0) is 12.8 Å². The van der Waals surface area contributed by atoms with Gasteiger partial charge in [0.05, 0.1) is 5.69 Å². The van der Waals surface area contributed by atoms with Crippen LogP contribution >= 0.6 is 0 Å². The van der Waals surface area contributed by atoms with Crippen molar-refractivity contribution in [3.05, 3.63) is 17.6 Å². The lowest BCUT2D eigenvalue weighted by Gasteiger charge is -2.20. The highest BCUT2D eigenvalue weighted by atomic mass is 15.0. The first kappa shape index (κ1) is 11.4. The molecule has 0 atom stereocenters. The van der Waals surface area contributed by atoms with Crippen LogP contribution in [-0.4, -0.2) is 9.97 Å². The van der Waals surface area contributed by atoms with E-state index in [4.69, 9.17) is 10.7 Å². The molecule has 3 nitrogen and oxygen atoms in total. The number of anilines is 1. The number of rotatable bonds is 1. The van der Waals surface area contributed by atoms with Gasteiger partial charge in [0.1, 0.15) is 11.6 Å². The van der Waals surface area contributed by atoms with Gasteiger partial charge in [-0.15, -0.1) is 0 Å². The number of hydrogen-bond acceptors (Lipinski definition) is 3. The van der Waals surface area contributed by atoms with Gasteiger partial charge in [0, 0.05) is 17.4 Å². The van der Waals surface area contributed by atoms with Crippen molar-refractivity contribution in [3.63, 3.8) is 0 Å². The largest absolute Gasteiger partial charge is 0.384 e. The standard InChI is InChI=1S/C13H21N3/c1-13(2,3)10-8-11(14)16-12(15-10)9-6-4-5-7-9/h8-9H,4-7H2,1-3H3,(H2,14,15,16). The highest BCUT2D eigenvalue weighted by Crippen LogP contribution is 2.33. The fourth-order valence-electron chi connectivity index (χ4n) is 2.24. The van der Waals surface area contributed by atoms with Gasteiger partial charge in [-0.3, -0.25) is 0 Å². The van der Waals surface area contributed by atoms with E-state index in [1.807, 2.05) is 6.07 Å². The Morgan fingerprint density at radius 1 is 1.19 bits per heavy atom.